The Kier molecular flexibility index (Phi) is 4.94. The zero-order valence-electron chi connectivity index (χ0n) is 6.66. The molecule has 0 rings (SSSR count). The van der Waals surface area contributed by atoms with E-state index in [1.165, 1.54) is 0 Å². The van der Waals surface area contributed by atoms with E-state index in [0.717, 1.165) is 6.42 Å². The van der Waals surface area contributed by atoms with Crippen LogP contribution in [0.25, 0.3) is 0 Å². The Hall–Kier alpha value is -0.570. The Morgan fingerprint density at radius 3 is 2.50 bits per heavy atom. The fraction of sp³-hybridized carbons (Fsp3) is 0.857. The summed E-state index contributed by atoms with van der Waals surface area (Å²) in [6.07, 6.45) is 0.648. The highest BCUT2D eigenvalue weighted by molar-refractivity contribution is 5.37. The predicted molar refractivity (Wildman–Crippen MR) is 37.4 cm³/mol. The van der Waals surface area contributed by atoms with Crippen LogP contribution >= 0.6 is 0 Å². The Bertz CT molecular complexity index is 92.9. The number of hydrogen-bond acceptors (Lipinski definition) is 3. The van der Waals surface area contributed by atoms with Crippen LogP contribution in [0.15, 0.2) is 0 Å². The highest BCUT2D eigenvalue weighted by atomic mass is 16.7. The molecule has 0 spiro atoms. The lowest BCUT2D eigenvalue weighted by Gasteiger charge is -2.15. The molecule has 0 saturated heterocycles. The topological polar surface area (TPSA) is 35.5 Å². The van der Waals surface area contributed by atoms with Crippen molar-refractivity contribution in [2.45, 2.75) is 39.6 Å². The van der Waals surface area contributed by atoms with E-state index in [1.807, 2.05) is 13.8 Å². The molecule has 0 aromatic carbocycles. The average Bonchev–Trinajstić information content (AvgIpc) is 1.88. The van der Waals surface area contributed by atoms with E-state index in [4.69, 9.17) is 4.74 Å². The van der Waals surface area contributed by atoms with E-state index >= 15 is 0 Å². The van der Waals surface area contributed by atoms with Crippen molar-refractivity contribution in [3.63, 3.8) is 0 Å². The van der Waals surface area contributed by atoms with Gasteiger partial charge in [-0.25, -0.2) is 0 Å². The largest absolute Gasteiger partial charge is 0.438 e. The normalized spacial score (nSPS) is 15.9. The second-order valence-corrected chi connectivity index (χ2v) is 2.15. The minimum atomic E-state index is -0.424. The van der Waals surface area contributed by atoms with Crippen LogP contribution in [0, 0.1) is 0 Å². The Labute approximate surface area is 61.3 Å². The van der Waals surface area contributed by atoms with Gasteiger partial charge in [0.1, 0.15) is 0 Å². The van der Waals surface area contributed by atoms with Crippen molar-refractivity contribution in [1.82, 2.24) is 0 Å². The summed E-state index contributed by atoms with van der Waals surface area (Å²) in [5.74, 6) is 0. The molecule has 0 aromatic rings. The lowest BCUT2D eigenvalue weighted by Crippen LogP contribution is -2.18. The van der Waals surface area contributed by atoms with E-state index in [1.54, 1.807) is 6.92 Å². The quantitative estimate of drug-likeness (QED) is 0.433. The maximum Gasteiger partial charge on any atom is 0.295 e. The first kappa shape index (κ1) is 9.43. The first-order valence-corrected chi connectivity index (χ1v) is 3.45. The highest BCUT2D eigenvalue weighted by Crippen LogP contribution is 2.01. The standard InChI is InChI=1S/C7H14O3/c1-4-6(2)10-7(3)9-5-8/h5-7H,4H2,1-3H3. The maximum atomic E-state index is 9.78. The third kappa shape index (κ3) is 4.32. The van der Waals surface area contributed by atoms with E-state index in [-0.39, 0.29) is 6.10 Å². The second-order valence-electron chi connectivity index (χ2n) is 2.15. The van der Waals surface area contributed by atoms with Crippen LogP contribution in [0.3, 0.4) is 0 Å². The van der Waals surface area contributed by atoms with Gasteiger partial charge in [0.25, 0.3) is 6.47 Å². The molecule has 2 atom stereocenters. The first-order chi connectivity index (χ1) is 4.70. The number of carbonyl (C=O) groups is 1. The molecule has 3 heteroatoms. The Balaban J connectivity index is 3.35. The molecule has 0 aliphatic carbocycles. The van der Waals surface area contributed by atoms with Gasteiger partial charge in [-0.15, -0.1) is 0 Å². The van der Waals surface area contributed by atoms with Crippen molar-refractivity contribution in [3.05, 3.63) is 0 Å². The predicted octanol–water partition coefficient (Wildman–Crippen LogP) is 1.32. The zero-order chi connectivity index (χ0) is 7.98. The third-order valence-electron chi connectivity index (χ3n) is 1.25. The summed E-state index contributed by atoms with van der Waals surface area (Å²) in [7, 11) is 0. The summed E-state index contributed by atoms with van der Waals surface area (Å²) < 4.78 is 9.70. The highest BCUT2D eigenvalue weighted by Gasteiger charge is 2.05. The summed E-state index contributed by atoms with van der Waals surface area (Å²) in [5.41, 5.74) is 0. The number of rotatable bonds is 5. The van der Waals surface area contributed by atoms with Gasteiger partial charge < -0.3 is 9.47 Å². The molecule has 0 bridgehead atoms. The molecule has 3 nitrogen and oxygen atoms in total. The molecule has 0 N–H and O–H groups in total. The average molecular weight is 146 g/mol. The van der Waals surface area contributed by atoms with Crippen molar-refractivity contribution >= 4 is 6.47 Å². The Morgan fingerprint density at radius 2 is 2.10 bits per heavy atom. The summed E-state index contributed by atoms with van der Waals surface area (Å²) in [6.45, 7) is 6.04. The molecule has 0 aliphatic heterocycles. The van der Waals surface area contributed by atoms with E-state index < -0.39 is 6.29 Å². The lowest BCUT2D eigenvalue weighted by atomic mass is 10.3. The van der Waals surface area contributed by atoms with Gasteiger partial charge >= 0.3 is 0 Å². The van der Waals surface area contributed by atoms with Crippen LogP contribution in [-0.2, 0) is 14.3 Å². The van der Waals surface area contributed by atoms with Crippen molar-refractivity contribution in [2.24, 2.45) is 0 Å². The summed E-state index contributed by atoms with van der Waals surface area (Å²) in [6, 6.07) is 0. The van der Waals surface area contributed by atoms with E-state index in [2.05, 4.69) is 4.74 Å². The molecule has 10 heavy (non-hydrogen) atoms. The lowest BCUT2D eigenvalue weighted by molar-refractivity contribution is -0.169. The number of ether oxygens (including phenoxy) is 2. The van der Waals surface area contributed by atoms with Crippen LogP contribution in [0.1, 0.15) is 27.2 Å². The van der Waals surface area contributed by atoms with Gasteiger partial charge in [0.15, 0.2) is 6.29 Å². The summed E-state index contributed by atoms with van der Waals surface area (Å²) in [5, 5.41) is 0. The number of hydrogen-bond donors (Lipinski definition) is 0. The van der Waals surface area contributed by atoms with Crippen LogP contribution in [0.2, 0.25) is 0 Å². The van der Waals surface area contributed by atoms with Crippen molar-refractivity contribution in [2.75, 3.05) is 0 Å². The fourth-order valence-electron chi connectivity index (χ4n) is 0.534. The maximum absolute atomic E-state index is 9.78. The van der Waals surface area contributed by atoms with Crippen molar-refractivity contribution in [3.8, 4) is 0 Å². The van der Waals surface area contributed by atoms with Gasteiger partial charge in [-0.1, -0.05) is 6.92 Å². The number of carbonyl (C=O) groups excluding carboxylic acids is 1. The minimum Gasteiger partial charge on any atom is -0.438 e. The molecule has 2 unspecified atom stereocenters. The van der Waals surface area contributed by atoms with Gasteiger partial charge in [-0.05, 0) is 20.3 Å². The molecule has 0 aliphatic rings. The molecule has 60 valence electrons. The molecular weight excluding hydrogens is 132 g/mol. The van der Waals surface area contributed by atoms with Crippen molar-refractivity contribution in [1.29, 1.82) is 0 Å². The SMILES string of the molecule is CCC(C)OC(C)OC=O. The molecule has 0 fully saturated rings. The summed E-state index contributed by atoms with van der Waals surface area (Å²) in [4.78, 5) is 9.78. The van der Waals surface area contributed by atoms with Gasteiger partial charge in [0.2, 0.25) is 0 Å². The molecule has 0 heterocycles. The third-order valence-corrected chi connectivity index (χ3v) is 1.25. The van der Waals surface area contributed by atoms with E-state index in [0.29, 0.717) is 6.47 Å². The minimum absolute atomic E-state index is 0.148. The van der Waals surface area contributed by atoms with Gasteiger partial charge in [0.05, 0.1) is 6.10 Å². The molecular formula is C7H14O3. The monoisotopic (exact) mass is 146 g/mol. The van der Waals surface area contributed by atoms with Crippen LogP contribution in [-0.4, -0.2) is 18.9 Å². The van der Waals surface area contributed by atoms with Gasteiger partial charge in [-0.2, -0.15) is 0 Å². The molecule has 0 aromatic heterocycles. The Morgan fingerprint density at radius 1 is 1.50 bits per heavy atom. The smallest absolute Gasteiger partial charge is 0.295 e. The fourth-order valence-corrected chi connectivity index (χ4v) is 0.534. The van der Waals surface area contributed by atoms with E-state index in [9.17, 15) is 4.79 Å². The summed E-state index contributed by atoms with van der Waals surface area (Å²) >= 11 is 0. The molecule has 0 radical (unpaired) electrons. The van der Waals surface area contributed by atoms with Crippen LogP contribution in [0.5, 0.6) is 0 Å². The van der Waals surface area contributed by atoms with Crippen molar-refractivity contribution < 1.29 is 14.3 Å². The van der Waals surface area contributed by atoms with Gasteiger partial charge in [0, 0.05) is 0 Å². The zero-order valence-corrected chi connectivity index (χ0v) is 6.66. The van der Waals surface area contributed by atoms with Crippen LogP contribution < -0.4 is 0 Å². The molecule has 0 saturated carbocycles. The van der Waals surface area contributed by atoms with Crippen LogP contribution in [0.4, 0.5) is 0 Å². The molecule has 0 amide bonds. The second kappa shape index (κ2) is 5.23. The first-order valence-electron chi connectivity index (χ1n) is 3.45. The van der Waals surface area contributed by atoms with Gasteiger partial charge in [-0.3, -0.25) is 4.79 Å².